The zero-order chi connectivity index (χ0) is 14.5. The van der Waals surface area contributed by atoms with Crippen LogP contribution in [-0.2, 0) is 0 Å². The van der Waals surface area contributed by atoms with Crippen LogP contribution in [0.3, 0.4) is 0 Å². The monoisotopic (exact) mass is 268 g/mol. The molecular weight excluding hydrogens is 244 g/mol. The topological polar surface area (TPSA) is 90.3 Å². The lowest BCUT2D eigenvalue weighted by atomic mass is 9.96. The van der Waals surface area contributed by atoms with Crippen LogP contribution in [-0.4, -0.2) is 46.0 Å². The molecule has 1 aromatic rings. The molecule has 0 radical (unpaired) electrons. The highest BCUT2D eigenvalue weighted by atomic mass is 16.3. The van der Waals surface area contributed by atoms with E-state index in [0.29, 0.717) is 12.2 Å². The van der Waals surface area contributed by atoms with E-state index in [4.69, 9.17) is 0 Å². The number of nitrogens with one attached hydrogen (secondary N) is 2. The summed E-state index contributed by atoms with van der Waals surface area (Å²) in [5.41, 5.74) is 0.188. The lowest BCUT2D eigenvalue weighted by Gasteiger charge is -2.31. The van der Waals surface area contributed by atoms with Gasteiger partial charge in [0.25, 0.3) is 0 Å². The van der Waals surface area contributed by atoms with Crippen LogP contribution >= 0.6 is 0 Å². The van der Waals surface area contributed by atoms with Gasteiger partial charge in [-0.15, -0.1) is 0 Å². The maximum Gasteiger partial charge on any atom is 0.135 e. The zero-order valence-corrected chi connectivity index (χ0v) is 12.1. The molecule has 0 saturated heterocycles. The van der Waals surface area contributed by atoms with Crippen molar-refractivity contribution >= 4 is 11.6 Å². The second-order valence-corrected chi connectivity index (χ2v) is 4.96. The zero-order valence-electron chi connectivity index (χ0n) is 12.1. The summed E-state index contributed by atoms with van der Waals surface area (Å²) in [6.45, 7) is 5.70. The first-order valence-corrected chi connectivity index (χ1v) is 6.56. The average Bonchev–Trinajstić information content (AvgIpc) is 2.44. The first kappa shape index (κ1) is 15.7. The normalized spacial score (nSPS) is 11.7. The highest BCUT2D eigenvalue weighted by molar-refractivity contribution is 5.59. The Morgan fingerprint density at radius 3 is 2.21 bits per heavy atom. The minimum Gasteiger partial charge on any atom is -0.394 e. The van der Waals surface area contributed by atoms with Crippen LogP contribution in [0.2, 0.25) is 0 Å². The minimum absolute atomic E-state index is 0.156. The van der Waals surface area contributed by atoms with Crippen LogP contribution in [0.1, 0.15) is 38.7 Å². The molecule has 0 aromatic carbocycles. The van der Waals surface area contributed by atoms with Gasteiger partial charge in [-0.25, -0.2) is 9.97 Å². The molecule has 4 N–H and O–H groups in total. The number of hydrogen-bond acceptors (Lipinski definition) is 6. The van der Waals surface area contributed by atoms with Crippen LogP contribution < -0.4 is 10.6 Å². The number of aliphatic hydroxyl groups is 2. The van der Waals surface area contributed by atoms with Gasteiger partial charge in [-0.3, -0.25) is 0 Å². The van der Waals surface area contributed by atoms with Crippen molar-refractivity contribution in [2.75, 3.05) is 30.9 Å². The lowest BCUT2D eigenvalue weighted by Crippen LogP contribution is -2.45. The molecule has 1 rings (SSSR count). The molecule has 0 saturated carbocycles. The summed E-state index contributed by atoms with van der Waals surface area (Å²) in [6.07, 6.45) is 2.06. The molecule has 6 nitrogen and oxygen atoms in total. The number of hydrogen-bond donors (Lipinski definition) is 4. The van der Waals surface area contributed by atoms with E-state index >= 15 is 0 Å². The summed E-state index contributed by atoms with van der Waals surface area (Å²) in [5.74, 6) is 1.63. The summed E-state index contributed by atoms with van der Waals surface area (Å²) in [5, 5.41) is 25.2. The van der Waals surface area contributed by atoms with Crippen molar-refractivity contribution in [3.05, 3.63) is 11.9 Å². The van der Waals surface area contributed by atoms with Gasteiger partial charge in [-0.05, 0) is 12.3 Å². The first-order chi connectivity index (χ1) is 9.03. The second-order valence-electron chi connectivity index (χ2n) is 4.96. The Balaban J connectivity index is 3.20. The molecule has 6 heteroatoms. The van der Waals surface area contributed by atoms with E-state index < -0.39 is 5.54 Å². The van der Waals surface area contributed by atoms with E-state index in [2.05, 4.69) is 34.4 Å². The Morgan fingerprint density at radius 1 is 1.21 bits per heavy atom. The SMILES string of the molecule is CCC(CO)(CO)Nc1ncnc(NC)c1C(C)C. The van der Waals surface area contributed by atoms with Gasteiger partial charge in [0, 0.05) is 12.6 Å². The molecule has 0 aliphatic carbocycles. The van der Waals surface area contributed by atoms with Gasteiger partial charge in [-0.2, -0.15) is 0 Å². The average molecular weight is 268 g/mol. The molecule has 19 heavy (non-hydrogen) atoms. The number of rotatable bonds is 7. The van der Waals surface area contributed by atoms with E-state index in [0.717, 1.165) is 11.4 Å². The summed E-state index contributed by atoms with van der Waals surface area (Å²) in [6, 6.07) is 0. The Morgan fingerprint density at radius 2 is 1.79 bits per heavy atom. The lowest BCUT2D eigenvalue weighted by molar-refractivity contribution is 0.132. The van der Waals surface area contributed by atoms with Gasteiger partial charge in [0.2, 0.25) is 0 Å². The van der Waals surface area contributed by atoms with E-state index in [1.54, 1.807) is 0 Å². The third-order valence-electron chi connectivity index (χ3n) is 3.36. The molecule has 0 aliphatic rings. The van der Waals surface area contributed by atoms with Crippen LogP contribution in [0.5, 0.6) is 0 Å². The Kier molecular flexibility index (Phi) is 5.50. The predicted molar refractivity (Wildman–Crippen MR) is 76.5 cm³/mol. The fourth-order valence-electron chi connectivity index (χ4n) is 1.93. The van der Waals surface area contributed by atoms with Crippen molar-refractivity contribution in [1.82, 2.24) is 9.97 Å². The number of anilines is 2. The molecule has 0 amide bonds. The van der Waals surface area contributed by atoms with Crippen LogP contribution in [0.4, 0.5) is 11.6 Å². The summed E-state index contributed by atoms with van der Waals surface area (Å²) in [4.78, 5) is 8.45. The maximum absolute atomic E-state index is 9.51. The highest BCUT2D eigenvalue weighted by Crippen LogP contribution is 2.30. The predicted octanol–water partition coefficient (Wildman–Crippen LogP) is 1.19. The Labute approximate surface area is 114 Å². The Bertz CT molecular complexity index is 397. The highest BCUT2D eigenvalue weighted by Gasteiger charge is 2.28. The van der Waals surface area contributed by atoms with Crippen molar-refractivity contribution < 1.29 is 10.2 Å². The standard InChI is InChI=1S/C13H24N4O2/c1-5-13(6-18,7-19)17-12-10(9(2)3)11(14-4)15-8-16-12/h8-9,18-19H,5-7H2,1-4H3,(H2,14,15,16,17). The van der Waals surface area contributed by atoms with Crippen LogP contribution in [0.15, 0.2) is 6.33 Å². The summed E-state index contributed by atoms with van der Waals surface area (Å²) < 4.78 is 0. The molecule has 108 valence electrons. The first-order valence-electron chi connectivity index (χ1n) is 6.56. The number of aliphatic hydroxyl groups excluding tert-OH is 2. The van der Waals surface area contributed by atoms with E-state index in [1.807, 2.05) is 14.0 Å². The van der Waals surface area contributed by atoms with Gasteiger partial charge >= 0.3 is 0 Å². The molecule has 0 atom stereocenters. The molecule has 0 unspecified atom stereocenters. The van der Waals surface area contributed by atoms with Crippen molar-refractivity contribution in [2.24, 2.45) is 0 Å². The fraction of sp³-hybridized carbons (Fsp3) is 0.692. The molecule has 1 aromatic heterocycles. The summed E-state index contributed by atoms with van der Waals surface area (Å²) in [7, 11) is 1.81. The third-order valence-corrected chi connectivity index (χ3v) is 3.36. The van der Waals surface area contributed by atoms with Gasteiger partial charge in [0.1, 0.15) is 18.0 Å². The van der Waals surface area contributed by atoms with E-state index in [9.17, 15) is 10.2 Å². The van der Waals surface area contributed by atoms with Crippen molar-refractivity contribution in [3.8, 4) is 0 Å². The van der Waals surface area contributed by atoms with Gasteiger partial charge in [-0.1, -0.05) is 20.8 Å². The fourth-order valence-corrected chi connectivity index (χ4v) is 1.93. The smallest absolute Gasteiger partial charge is 0.135 e. The van der Waals surface area contributed by atoms with Crippen molar-refractivity contribution in [3.63, 3.8) is 0 Å². The molecule has 0 spiro atoms. The van der Waals surface area contributed by atoms with Crippen LogP contribution in [0, 0.1) is 0 Å². The summed E-state index contributed by atoms with van der Waals surface area (Å²) >= 11 is 0. The molecule has 1 heterocycles. The van der Waals surface area contributed by atoms with Gasteiger partial charge < -0.3 is 20.8 Å². The minimum atomic E-state index is -0.761. The van der Waals surface area contributed by atoms with Crippen molar-refractivity contribution in [1.29, 1.82) is 0 Å². The van der Waals surface area contributed by atoms with Crippen molar-refractivity contribution in [2.45, 2.75) is 38.6 Å². The van der Waals surface area contributed by atoms with E-state index in [1.165, 1.54) is 6.33 Å². The number of aromatic nitrogens is 2. The quantitative estimate of drug-likeness (QED) is 0.594. The second kappa shape index (κ2) is 6.68. The molecule has 0 bridgehead atoms. The number of nitrogens with zero attached hydrogens (tertiary/aromatic N) is 2. The van der Waals surface area contributed by atoms with Crippen LogP contribution in [0.25, 0.3) is 0 Å². The third kappa shape index (κ3) is 3.33. The molecular formula is C13H24N4O2. The largest absolute Gasteiger partial charge is 0.394 e. The van der Waals surface area contributed by atoms with E-state index in [-0.39, 0.29) is 19.1 Å². The molecule has 0 fully saturated rings. The maximum atomic E-state index is 9.51. The Hall–Kier alpha value is -1.40. The molecule has 0 aliphatic heterocycles. The van der Waals surface area contributed by atoms with Gasteiger partial charge in [0.05, 0.1) is 18.8 Å². The van der Waals surface area contributed by atoms with Gasteiger partial charge in [0.15, 0.2) is 0 Å².